The number of aromatic hydroxyl groups is 1. The Morgan fingerprint density at radius 2 is 1.45 bits per heavy atom. The van der Waals surface area contributed by atoms with Crippen LogP contribution in [0.1, 0.15) is 28.5 Å². The largest absolute Gasteiger partial charge is 0.506 e. The van der Waals surface area contributed by atoms with Gasteiger partial charge in [-0.3, -0.25) is 9.69 Å². The lowest BCUT2D eigenvalue weighted by Gasteiger charge is -2.40. The van der Waals surface area contributed by atoms with Gasteiger partial charge in [0.25, 0.3) is 5.91 Å². The molecule has 3 aromatic carbocycles. The Hall–Kier alpha value is -3.51. The van der Waals surface area contributed by atoms with Crippen molar-refractivity contribution in [3.8, 4) is 5.75 Å². The van der Waals surface area contributed by atoms with Gasteiger partial charge in [-0.1, -0.05) is 54.6 Å². The molecule has 0 radical (unpaired) electrons. The molecule has 170 valence electrons. The van der Waals surface area contributed by atoms with Crippen LogP contribution >= 0.6 is 0 Å². The minimum atomic E-state index is -0.161. The van der Waals surface area contributed by atoms with Crippen LogP contribution in [0.4, 0.5) is 11.4 Å². The van der Waals surface area contributed by atoms with E-state index in [1.54, 1.807) is 6.07 Å². The topological polar surface area (TPSA) is 59.1 Å². The first kappa shape index (κ1) is 21.3. The van der Waals surface area contributed by atoms with Crippen molar-refractivity contribution in [3.05, 3.63) is 90.0 Å². The fourth-order valence-electron chi connectivity index (χ4n) is 4.89. The van der Waals surface area contributed by atoms with E-state index in [4.69, 9.17) is 0 Å². The molecule has 1 unspecified atom stereocenters. The molecular weight excluding hydrogens is 412 g/mol. The number of phenols is 1. The molecule has 5 rings (SSSR count). The SMILES string of the molecule is O=C1NC(c2ccccc2)N(CCCN2CCN(c3ccccc3O)CC2)c2ccccc21. The van der Waals surface area contributed by atoms with E-state index in [1.807, 2.05) is 54.6 Å². The van der Waals surface area contributed by atoms with Crippen LogP contribution in [-0.2, 0) is 0 Å². The van der Waals surface area contributed by atoms with Gasteiger partial charge in [0.05, 0.1) is 16.9 Å². The molecule has 1 fully saturated rings. The molecule has 1 amide bonds. The number of nitrogens with one attached hydrogen (secondary N) is 1. The minimum Gasteiger partial charge on any atom is -0.506 e. The number of fused-ring (bicyclic) bond motifs is 1. The van der Waals surface area contributed by atoms with Gasteiger partial charge in [-0.25, -0.2) is 0 Å². The monoisotopic (exact) mass is 442 g/mol. The Balaban J connectivity index is 1.23. The molecule has 6 heteroatoms. The Morgan fingerprint density at radius 3 is 2.21 bits per heavy atom. The van der Waals surface area contributed by atoms with E-state index in [9.17, 15) is 9.90 Å². The fourth-order valence-corrected chi connectivity index (χ4v) is 4.89. The number of para-hydroxylation sites is 3. The normalized spacial score (nSPS) is 18.7. The number of carbonyl (C=O) groups is 1. The van der Waals surface area contributed by atoms with Gasteiger partial charge in [-0.2, -0.15) is 0 Å². The van der Waals surface area contributed by atoms with Crippen LogP contribution in [-0.4, -0.2) is 55.2 Å². The van der Waals surface area contributed by atoms with Gasteiger partial charge in [-0.05, 0) is 42.8 Å². The smallest absolute Gasteiger partial charge is 0.255 e. The van der Waals surface area contributed by atoms with Crippen LogP contribution in [0.5, 0.6) is 5.75 Å². The number of hydrogen-bond donors (Lipinski definition) is 2. The van der Waals surface area contributed by atoms with Gasteiger partial charge in [0.1, 0.15) is 11.9 Å². The number of nitrogens with zero attached hydrogens (tertiary/aromatic N) is 3. The molecule has 0 spiro atoms. The molecule has 33 heavy (non-hydrogen) atoms. The first-order chi connectivity index (χ1) is 16.2. The van der Waals surface area contributed by atoms with Crippen molar-refractivity contribution in [2.75, 3.05) is 49.1 Å². The molecule has 1 saturated heterocycles. The lowest BCUT2D eigenvalue weighted by Crippen LogP contribution is -2.49. The van der Waals surface area contributed by atoms with Crippen molar-refractivity contribution in [2.45, 2.75) is 12.6 Å². The predicted octanol–water partition coefficient (Wildman–Crippen LogP) is 3.85. The van der Waals surface area contributed by atoms with Crippen molar-refractivity contribution in [3.63, 3.8) is 0 Å². The quantitative estimate of drug-likeness (QED) is 0.607. The maximum atomic E-state index is 12.7. The Kier molecular flexibility index (Phi) is 6.17. The van der Waals surface area contributed by atoms with E-state index in [2.05, 4.69) is 38.2 Å². The van der Waals surface area contributed by atoms with Crippen LogP contribution < -0.4 is 15.1 Å². The second-order valence-electron chi connectivity index (χ2n) is 8.67. The Bertz CT molecular complexity index is 1100. The summed E-state index contributed by atoms with van der Waals surface area (Å²) < 4.78 is 0. The van der Waals surface area contributed by atoms with E-state index in [0.29, 0.717) is 5.75 Å². The highest BCUT2D eigenvalue weighted by Crippen LogP contribution is 2.33. The van der Waals surface area contributed by atoms with Gasteiger partial charge >= 0.3 is 0 Å². The molecule has 2 aliphatic heterocycles. The molecule has 1 atom stereocenters. The fraction of sp³-hybridized carbons (Fsp3) is 0.296. The number of phenolic OH excluding ortho intramolecular Hbond substituents is 1. The lowest BCUT2D eigenvalue weighted by molar-refractivity contribution is 0.0926. The highest BCUT2D eigenvalue weighted by Gasteiger charge is 2.31. The zero-order valence-electron chi connectivity index (χ0n) is 18.7. The first-order valence-corrected chi connectivity index (χ1v) is 11.7. The summed E-state index contributed by atoms with van der Waals surface area (Å²) in [6.07, 6.45) is 0.843. The molecule has 6 nitrogen and oxygen atoms in total. The molecule has 3 aromatic rings. The third-order valence-corrected chi connectivity index (χ3v) is 6.62. The summed E-state index contributed by atoms with van der Waals surface area (Å²) in [7, 11) is 0. The Labute approximate surface area is 195 Å². The molecule has 0 aromatic heterocycles. The average molecular weight is 443 g/mol. The average Bonchev–Trinajstić information content (AvgIpc) is 2.87. The molecule has 0 saturated carbocycles. The number of benzene rings is 3. The zero-order chi connectivity index (χ0) is 22.6. The van der Waals surface area contributed by atoms with Crippen LogP contribution in [0.15, 0.2) is 78.9 Å². The standard InChI is InChI=1S/C27H30N4O2/c32-25-14-7-6-13-24(25)30-19-17-29(18-20-30)15-8-16-31-23-12-5-4-11-22(23)27(33)28-26(31)21-9-2-1-3-10-21/h1-7,9-14,26,32H,8,15-20H2,(H,28,33). The highest BCUT2D eigenvalue weighted by molar-refractivity contribution is 6.02. The summed E-state index contributed by atoms with van der Waals surface area (Å²) in [4.78, 5) is 19.8. The first-order valence-electron chi connectivity index (χ1n) is 11.7. The molecule has 0 aliphatic carbocycles. The summed E-state index contributed by atoms with van der Waals surface area (Å²) in [6, 6.07) is 25.6. The number of anilines is 2. The third-order valence-electron chi connectivity index (χ3n) is 6.62. The summed E-state index contributed by atoms with van der Waals surface area (Å²) in [5.41, 5.74) is 3.75. The molecule has 2 heterocycles. The van der Waals surface area contributed by atoms with E-state index in [1.165, 1.54) is 0 Å². The van der Waals surface area contributed by atoms with E-state index < -0.39 is 0 Å². The number of hydrogen-bond acceptors (Lipinski definition) is 5. The molecule has 0 bridgehead atoms. The maximum absolute atomic E-state index is 12.7. The van der Waals surface area contributed by atoms with Gasteiger partial charge in [0.2, 0.25) is 0 Å². The van der Waals surface area contributed by atoms with Crippen molar-refractivity contribution >= 4 is 17.3 Å². The van der Waals surface area contributed by atoms with Gasteiger partial charge < -0.3 is 20.2 Å². The maximum Gasteiger partial charge on any atom is 0.255 e. The summed E-state index contributed by atoms with van der Waals surface area (Å²) >= 11 is 0. The summed E-state index contributed by atoms with van der Waals surface area (Å²) in [5.74, 6) is 0.333. The number of carbonyl (C=O) groups excluding carboxylic acids is 1. The van der Waals surface area contributed by atoms with Crippen LogP contribution in [0.3, 0.4) is 0 Å². The van der Waals surface area contributed by atoms with Crippen molar-refractivity contribution in [1.29, 1.82) is 0 Å². The molecule has 2 aliphatic rings. The number of rotatable bonds is 6. The highest BCUT2D eigenvalue weighted by atomic mass is 16.3. The lowest BCUT2D eigenvalue weighted by atomic mass is 10.0. The number of piperazine rings is 1. The van der Waals surface area contributed by atoms with E-state index in [-0.39, 0.29) is 12.1 Å². The predicted molar refractivity (Wildman–Crippen MR) is 132 cm³/mol. The molecular formula is C27H30N4O2. The van der Waals surface area contributed by atoms with Crippen molar-refractivity contribution in [2.24, 2.45) is 0 Å². The zero-order valence-corrected chi connectivity index (χ0v) is 18.7. The number of amides is 1. The van der Waals surface area contributed by atoms with Crippen LogP contribution in [0.25, 0.3) is 0 Å². The van der Waals surface area contributed by atoms with Crippen molar-refractivity contribution in [1.82, 2.24) is 10.2 Å². The Morgan fingerprint density at radius 1 is 0.788 bits per heavy atom. The second kappa shape index (κ2) is 9.55. The summed E-state index contributed by atoms with van der Waals surface area (Å²) in [6.45, 7) is 5.63. The van der Waals surface area contributed by atoms with Gasteiger partial charge in [-0.15, -0.1) is 0 Å². The summed E-state index contributed by atoms with van der Waals surface area (Å²) in [5, 5.41) is 13.3. The van der Waals surface area contributed by atoms with Crippen LogP contribution in [0, 0.1) is 0 Å². The van der Waals surface area contributed by atoms with Gasteiger partial charge in [0.15, 0.2) is 0 Å². The van der Waals surface area contributed by atoms with Gasteiger partial charge in [0, 0.05) is 32.7 Å². The molecule has 2 N–H and O–H groups in total. The second-order valence-corrected chi connectivity index (χ2v) is 8.67. The third kappa shape index (κ3) is 4.52. The van der Waals surface area contributed by atoms with E-state index in [0.717, 1.165) is 68.2 Å². The van der Waals surface area contributed by atoms with Crippen molar-refractivity contribution < 1.29 is 9.90 Å². The minimum absolute atomic E-state index is 0.0176. The van der Waals surface area contributed by atoms with Crippen LogP contribution in [0.2, 0.25) is 0 Å². The van der Waals surface area contributed by atoms with E-state index >= 15 is 0 Å².